The minimum Gasteiger partial charge on any atom is -0.376 e. The van der Waals surface area contributed by atoms with Gasteiger partial charge in [-0.1, -0.05) is 11.6 Å². The molecule has 0 saturated carbocycles. The van der Waals surface area contributed by atoms with Crippen molar-refractivity contribution in [1.82, 2.24) is 0 Å². The molecule has 0 unspecified atom stereocenters. The van der Waals surface area contributed by atoms with E-state index in [-0.39, 0.29) is 12.5 Å². The van der Waals surface area contributed by atoms with Gasteiger partial charge in [0.2, 0.25) is 5.91 Å². The molecular weight excluding hydrogens is 317 g/mol. The van der Waals surface area contributed by atoms with E-state index < -0.39 is 11.7 Å². The molecule has 22 heavy (non-hydrogen) atoms. The van der Waals surface area contributed by atoms with Gasteiger partial charge in [0.25, 0.3) is 0 Å². The van der Waals surface area contributed by atoms with Gasteiger partial charge in [-0.05, 0) is 48.5 Å². The molecule has 7 heteroatoms. The molecule has 0 fully saturated rings. The van der Waals surface area contributed by atoms with Gasteiger partial charge in [0.1, 0.15) is 0 Å². The summed E-state index contributed by atoms with van der Waals surface area (Å²) in [5.74, 6) is -0.317. The maximum absolute atomic E-state index is 12.4. The first-order chi connectivity index (χ1) is 10.3. The van der Waals surface area contributed by atoms with Crippen LogP contribution < -0.4 is 10.6 Å². The zero-order valence-corrected chi connectivity index (χ0v) is 12.0. The molecule has 0 atom stereocenters. The molecule has 0 heterocycles. The predicted molar refractivity (Wildman–Crippen MR) is 80.0 cm³/mol. The third-order valence-electron chi connectivity index (χ3n) is 2.79. The zero-order valence-electron chi connectivity index (χ0n) is 11.2. The summed E-state index contributed by atoms with van der Waals surface area (Å²) in [6, 6.07) is 11.0. The zero-order chi connectivity index (χ0) is 16.2. The average Bonchev–Trinajstić information content (AvgIpc) is 2.47. The number of hydrogen-bond acceptors (Lipinski definition) is 2. The van der Waals surface area contributed by atoms with Crippen LogP contribution >= 0.6 is 11.6 Å². The Bertz CT molecular complexity index is 639. The topological polar surface area (TPSA) is 41.1 Å². The van der Waals surface area contributed by atoms with Gasteiger partial charge in [0.15, 0.2) is 0 Å². The lowest BCUT2D eigenvalue weighted by atomic mass is 10.2. The lowest BCUT2D eigenvalue weighted by Gasteiger charge is -2.10. The second-order valence-electron chi connectivity index (χ2n) is 4.48. The number of nitrogens with one attached hydrogen (secondary N) is 2. The molecule has 0 saturated heterocycles. The van der Waals surface area contributed by atoms with E-state index in [2.05, 4.69) is 10.6 Å². The monoisotopic (exact) mass is 328 g/mol. The van der Waals surface area contributed by atoms with Gasteiger partial charge in [-0.2, -0.15) is 13.2 Å². The third kappa shape index (κ3) is 4.66. The number of hydrogen-bond donors (Lipinski definition) is 2. The highest BCUT2D eigenvalue weighted by atomic mass is 35.5. The van der Waals surface area contributed by atoms with Gasteiger partial charge < -0.3 is 10.6 Å². The van der Waals surface area contributed by atoms with Gasteiger partial charge in [-0.25, -0.2) is 0 Å². The maximum Gasteiger partial charge on any atom is 0.416 e. The largest absolute Gasteiger partial charge is 0.416 e. The highest BCUT2D eigenvalue weighted by Crippen LogP contribution is 2.29. The number of rotatable bonds is 4. The first kappa shape index (κ1) is 16.2. The van der Waals surface area contributed by atoms with Crippen LogP contribution in [0.15, 0.2) is 48.5 Å². The number of anilines is 2. The number of carbonyl (C=O) groups excluding carboxylic acids is 1. The van der Waals surface area contributed by atoms with Crippen molar-refractivity contribution in [3.63, 3.8) is 0 Å². The van der Waals surface area contributed by atoms with Crippen LogP contribution in [0, 0.1) is 0 Å². The molecule has 2 rings (SSSR count). The Labute approximate surface area is 130 Å². The Balaban J connectivity index is 1.87. The molecule has 0 aliphatic heterocycles. The number of amides is 1. The van der Waals surface area contributed by atoms with Crippen molar-refractivity contribution in [3.05, 3.63) is 59.1 Å². The summed E-state index contributed by atoms with van der Waals surface area (Å²) >= 11 is 5.73. The Morgan fingerprint density at radius 2 is 1.50 bits per heavy atom. The molecule has 0 radical (unpaired) electrons. The normalized spacial score (nSPS) is 11.1. The molecule has 116 valence electrons. The Morgan fingerprint density at radius 3 is 2.05 bits per heavy atom. The standard InChI is InChI=1S/C15H12ClF3N2O/c16-11-3-7-13(8-4-11)21-14(22)9-20-12-5-1-10(2-6-12)15(17,18)19/h1-8,20H,9H2,(H,21,22). The molecular formula is C15H12ClF3N2O. The first-order valence-electron chi connectivity index (χ1n) is 6.31. The summed E-state index contributed by atoms with van der Waals surface area (Å²) in [6.07, 6.45) is -4.37. The van der Waals surface area contributed by atoms with Crippen LogP contribution in [0.5, 0.6) is 0 Å². The van der Waals surface area contributed by atoms with Gasteiger partial charge >= 0.3 is 6.18 Å². The summed E-state index contributed by atoms with van der Waals surface area (Å²) in [5, 5.41) is 5.94. The van der Waals surface area contributed by atoms with E-state index in [1.807, 2.05) is 0 Å². The van der Waals surface area contributed by atoms with Gasteiger partial charge in [-0.3, -0.25) is 4.79 Å². The summed E-state index contributed by atoms with van der Waals surface area (Å²) < 4.78 is 37.2. The lowest BCUT2D eigenvalue weighted by Crippen LogP contribution is -2.21. The fourth-order valence-corrected chi connectivity index (χ4v) is 1.82. The lowest BCUT2D eigenvalue weighted by molar-refractivity contribution is -0.137. The predicted octanol–water partition coefficient (Wildman–Crippen LogP) is 4.41. The van der Waals surface area contributed by atoms with Crippen LogP contribution in [-0.2, 0) is 11.0 Å². The highest BCUT2D eigenvalue weighted by Gasteiger charge is 2.29. The van der Waals surface area contributed by atoms with Crippen LogP contribution in [0.4, 0.5) is 24.5 Å². The summed E-state index contributed by atoms with van der Waals surface area (Å²) in [6.45, 7) is -0.0615. The number of halogens is 4. The fraction of sp³-hybridized carbons (Fsp3) is 0.133. The van der Waals surface area contributed by atoms with Crippen molar-refractivity contribution in [2.24, 2.45) is 0 Å². The summed E-state index contributed by atoms with van der Waals surface area (Å²) in [4.78, 5) is 11.7. The van der Waals surface area contributed by atoms with E-state index in [4.69, 9.17) is 11.6 Å². The van der Waals surface area contributed by atoms with E-state index >= 15 is 0 Å². The van der Waals surface area contributed by atoms with Crippen molar-refractivity contribution in [3.8, 4) is 0 Å². The minimum absolute atomic E-state index is 0.0615. The van der Waals surface area contributed by atoms with Crippen molar-refractivity contribution in [1.29, 1.82) is 0 Å². The van der Waals surface area contributed by atoms with Crippen molar-refractivity contribution in [2.45, 2.75) is 6.18 Å². The molecule has 2 N–H and O–H groups in total. The first-order valence-corrected chi connectivity index (χ1v) is 6.69. The van der Waals surface area contributed by atoms with Crippen LogP contribution in [0.2, 0.25) is 5.02 Å². The molecule has 3 nitrogen and oxygen atoms in total. The SMILES string of the molecule is O=C(CNc1ccc(C(F)(F)F)cc1)Nc1ccc(Cl)cc1. The van der Waals surface area contributed by atoms with Crippen molar-refractivity contribution in [2.75, 3.05) is 17.2 Å². The molecule has 1 amide bonds. The smallest absolute Gasteiger partial charge is 0.376 e. The number of carbonyl (C=O) groups is 1. The van der Waals surface area contributed by atoms with E-state index in [0.29, 0.717) is 16.4 Å². The van der Waals surface area contributed by atoms with Crippen LogP contribution in [0.25, 0.3) is 0 Å². The Morgan fingerprint density at radius 1 is 0.955 bits per heavy atom. The minimum atomic E-state index is -4.37. The molecule has 2 aromatic carbocycles. The van der Waals surface area contributed by atoms with Crippen LogP contribution in [0.1, 0.15) is 5.56 Å². The van der Waals surface area contributed by atoms with Crippen LogP contribution in [0.3, 0.4) is 0 Å². The second kappa shape index (κ2) is 6.70. The Hall–Kier alpha value is -2.21. The van der Waals surface area contributed by atoms with E-state index in [1.165, 1.54) is 12.1 Å². The fourth-order valence-electron chi connectivity index (χ4n) is 1.70. The average molecular weight is 329 g/mol. The molecule has 0 aliphatic rings. The highest BCUT2D eigenvalue weighted by molar-refractivity contribution is 6.30. The summed E-state index contributed by atoms with van der Waals surface area (Å²) in [5.41, 5.74) is 0.284. The second-order valence-corrected chi connectivity index (χ2v) is 4.92. The van der Waals surface area contributed by atoms with Gasteiger partial charge in [-0.15, -0.1) is 0 Å². The van der Waals surface area contributed by atoms with Gasteiger partial charge in [0, 0.05) is 16.4 Å². The molecule has 0 aromatic heterocycles. The molecule has 0 bridgehead atoms. The summed E-state index contributed by atoms with van der Waals surface area (Å²) in [7, 11) is 0. The molecule has 0 aliphatic carbocycles. The molecule has 0 spiro atoms. The van der Waals surface area contributed by atoms with Crippen molar-refractivity contribution < 1.29 is 18.0 Å². The maximum atomic E-state index is 12.4. The van der Waals surface area contributed by atoms with E-state index in [9.17, 15) is 18.0 Å². The third-order valence-corrected chi connectivity index (χ3v) is 3.05. The van der Waals surface area contributed by atoms with E-state index in [0.717, 1.165) is 12.1 Å². The van der Waals surface area contributed by atoms with E-state index in [1.54, 1.807) is 24.3 Å². The molecule has 2 aromatic rings. The van der Waals surface area contributed by atoms with Crippen molar-refractivity contribution >= 4 is 28.9 Å². The number of benzene rings is 2. The van der Waals surface area contributed by atoms with Gasteiger partial charge in [0.05, 0.1) is 12.1 Å². The van der Waals surface area contributed by atoms with Crippen LogP contribution in [-0.4, -0.2) is 12.5 Å². The Kier molecular flexibility index (Phi) is 4.92. The quantitative estimate of drug-likeness (QED) is 0.873. The number of alkyl halides is 3.